The quantitative estimate of drug-likeness (QED) is 0.606. The van der Waals surface area contributed by atoms with E-state index in [1.807, 2.05) is 48.0 Å². The minimum atomic E-state index is 0.201. The number of ether oxygens (including phenoxy) is 2. The van der Waals surface area contributed by atoms with Crippen LogP contribution in [0.25, 0.3) is 11.4 Å². The summed E-state index contributed by atoms with van der Waals surface area (Å²) in [4.78, 5) is 6.84. The zero-order valence-corrected chi connectivity index (χ0v) is 16.2. The first-order valence-corrected chi connectivity index (χ1v) is 10.2. The maximum Gasteiger partial charge on any atom is 0.241 e. The maximum absolute atomic E-state index is 6.19. The van der Waals surface area contributed by atoms with Crippen molar-refractivity contribution in [1.82, 2.24) is 15.0 Å². The van der Waals surface area contributed by atoms with Crippen molar-refractivity contribution in [2.24, 2.45) is 0 Å². The molecule has 0 unspecified atom stereocenters. The van der Waals surface area contributed by atoms with Gasteiger partial charge >= 0.3 is 0 Å². The Morgan fingerprint density at radius 3 is 2.74 bits per heavy atom. The number of aromatic nitrogens is 2. The predicted molar refractivity (Wildman–Crippen MR) is 104 cm³/mol. The highest BCUT2D eigenvalue weighted by Crippen LogP contribution is 2.29. The van der Waals surface area contributed by atoms with Crippen molar-refractivity contribution in [3.63, 3.8) is 0 Å². The van der Waals surface area contributed by atoms with Crippen molar-refractivity contribution in [3.8, 4) is 22.9 Å². The van der Waals surface area contributed by atoms with Gasteiger partial charge in [-0.05, 0) is 43.3 Å². The molecule has 1 fully saturated rings. The second-order valence-corrected chi connectivity index (χ2v) is 7.28. The van der Waals surface area contributed by atoms with Gasteiger partial charge in [0.1, 0.15) is 6.10 Å². The molecule has 4 rings (SSSR count). The van der Waals surface area contributed by atoms with Crippen molar-refractivity contribution in [3.05, 3.63) is 47.0 Å². The summed E-state index contributed by atoms with van der Waals surface area (Å²) in [7, 11) is 0. The van der Waals surface area contributed by atoms with Crippen molar-refractivity contribution < 1.29 is 14.0 Å². The molecule has 1 aliphatic heterocycles. The van der Waals surface area contributed by atoms with Gasteiger partial charge in [0.2, 0.25) is 11.7 Å². The molecule has 0 N–H and O–H groups in total. The number of rotatable bonds is 7. The molecule has 2 aromatic heterocycles. The topological polar surface area (TPSA) is 60.6 Å². The number of nitrogens with zero attached hydrogens (tertiary/aromatic N) is 3. The van der Waals surface area contributed by atoms with E-state index in [0.717, 1.165) is 43.0 Å². The van der Waals surface area contributed by atoms with Crippen molar-refractivity contribution in [1.29, 1.82) is 0 Å². The van der Waals surface area contributed by atoms with Gasteiger partial charge in [-0.3, -0.25) is 4.90 Å². The molecule has 7 heteroatoms. The van der Waals surface area contributed by atoms with E-state index in [4.69, 9.17) is 14.0 Å². The van der Waals surface area contributed by atoms with Crippen LogP contribution in [0.1, 0.15) is 25.7 Å². The lowest BCUT2D eigenvalue weighted by molar-refractivity contribution is 0.0876. The summed E-state index contributed by atoms with van der Waals surface area (Å²) in [5.41, 5.74) is 1.01. The molecule has 0 radical (unpaired) electrons. The van der Waals surface area contributed by atoms with E-state index in [1.165, 1.54) is 0 Å². The fourth-order valence-corrected chi connectivity index (χ4v) is 3.84. The third-order valence-electron chi connectivity index (χ3n) is 4.58. The minimum Gasteiger partial charge on any atom is -0.490 e. The van der Waals surface area contributed by atoms with E-state index in [0.29, 0.717) is 24.9 Å². The summed E-state index contributed by atoms with van der Waals surface area (Å²) in [6, 6.07) is 9.88. The number of para-hydroxylation sites is 2. The van der Waals surface area contributed by atoms with Gasteiger partial charge in [-0.2, -0.15) is 16.3 Å². The van der Waals surface area contributed by atoms with Crippen LogP contribution >= 0.6 is 11.3 Å². The van der Waals surface area contributed by atoms with Crippen LogP contribution in [0, 0.1) is 0 Å². The zero-order chi connectivity index (χ0) is 18.5. The first-order valence-electron chi connectivity index (χ1n) is 9.28. The van der Waals surface area contributed by atoms with Crippen LogP contribution < -0.4 is 9.47 Å². The Hall–Kier alpha value is -2.38. The number of hydrogen-bond donors (Lipinski definition) is 0. The summed E-state index contributed by atoms with van der Waals surface area (Å²) < 4.78 is 17.2. The number of thiophene rings is 1. The summed E-state index contributed by atoms with van der Waals surface area (Å²) in [5, 5.41) is 8.12. The molecule has 0 atom stereocenters. The number of hydrogen-bond acceptors (Lipinski definition) is 7. The number of likely N-dealkylation sites (tertiary alicyclic amines) is 1. The molecule has 27 heavy (non-hydrogen) atoms. The standard InChI is InChI=1S/C20H23N3O3S/c1-2-24-17-5-3-4-6-18(17)25-16-7-10-23(11-8-16)13-19-21-20(22-26-19)15-9-12-27-14-15/h3-6,9,12,14,16H,2,7-8,10-11,13H2,1H3. The van der Waals surface area contributed by atoms with Gasteiger partial charge < -0.3 is 14.0 Å². The monoisotopic (exact) mass is 385 g/mol. The first-order chi connectivity index (χ1) is 13.3. The smallest absolute Gasteiger partial charge is 0.241 e. The normalized spacial score (nSPS) is 15.7. The third-order valence-corrected chi connectivity index (χ3v) is 5.27. The van der Waals surface area contributed by atoms with E-state index >= 15 is 0 Å². The van der Waals surface area contributed by atoms with Crippen LogP contribution in [-0.4, -0.2) is 40.8 Å². The molecule has 1 aliphatic rings. The van der Waals surface area contributed by atoms with E-state index in [1.54, 1.807) is 11.3 Å². The predicted octanol–water partition coefficient (Wildman–Crippen LogP) is 4.24. The van der Waals surface area contributed by atoms with Crippen LogP contribution in [0.5, 0.6) is 11.5 Å². The molecule has 1 saturated heterocycles. The summed E-state index contributed by atoms with van der Waals surface area (Å²) in [5.74, 6) is 2.97. The van der Waals surface area contributed by atoms with Gasteiger partial charge in [0.05, 0.1) is 13.2 Å². The Kier molecular flexibility index (Phi) is 5.69. The largest absolute Gasteiger partial charge is 0.490 e. The fraction of sp³-hybridized carbons (Fsp3) is 0.400. The van der Waals surface area contributed by atoms with Gasteiger partial charge in [0, 0.05) is 24.0 Å². The van der Waals surface area contributed by atoms with Gasteiger partial charge in [0.15, 0.2) is 11.5 Å². The highest BCUT2D eigenvalue weighted by Gasteiger charge is 2.23. The molecule has 1 aromatic carbocycles. The zero-order valence-electron chi connectivity index (χ0n) is 15.3. The molecule has 0 amide bonds. The molecule has 6 nitrogen and oxygen atoms in total. The van der Waals surface area contributed by atoms with E-state index in [9.17, 15) is 0 Å². The molecule has 0 bridgehead atoms. The highest BCUT2D eigenvalue weighted by atomic mass is 32.1. The number of piperidine rings is 1. The first kappa shape index (κ1) is 18.0. The molecular weight excluding hydrogens is 362 g/mol. The Balaban J connectivity index is 1.29. The summed E-state index contributed by atoms with van der Waals surface area (Å²) in [6.07, 6.45) is 2.13. The Bertz CT molecular complexity index is 842. The second kappa shape index (κ2) is 8.54. The van der Waals surface area contributed by atoms with Crippen molar-refractivity contribution in [2.75, 3.05) is 19.7 Å². The van der Waals surface area contributed by atoms with Crippen LogP contribution in [-0.2, 0) is 6.54 Å². The molecular formula is C20H23N3O3S. The molecule has 0 aliphatic carbocycles. The lowest BCUT2D eigenvalue weighted by Crippen LogP contribution is -2.37. The van der Waals surface area contributed by atoms with Crippen molar-refractivity contribution in [2.45, 2.75) is 32.4 Å². The molecule has 0 spiro atoms. The number of benzene rings is 1. The fourth-order valence-electron chi connectivity index (χ4n) is 3.21. The second-order valence-electron chi connectivity index (χ2n) is 6.50. The van der Waals surface area contributed by atoms with Crippen molar-refractivity contribution >= 4 is 11.3 Å². The van der Waals surface area contributed by atoms with Crippen LogP contribution in [0.3, 0.4) is 0 Å². The summed E-state index contributed by atoms with van der Waals surface area (Å²) >= 11 is 1.63. The van der Waals surface area contributed by atoms with Crippen LogP contribution in [0.4, 0.5) is 0 Å². The Morgan fingerprint density at radius 2 is 2.00 bits per heavy atom. The Morgan fingerprint density at radius 1 is 1.19 bits per heavy atom. The lowest BCUT2D eigenvalue weighted by Gasteiger charge is -2.31. The average Bonchev–Trinajstić information content (AvgIpc) is 3.37. The SMILES string of the molecule is CCOc1ccccc1OC1CCN(Cc2nc(-c3ccsc3)no2)CC1. The molecule has 0 saturated carbocycles. The highest BCUT2D eigenvalue weighted by molar-refractivity contribution is 7.08. The van der Waals surface area contributed by atoms with Crippen LogP contribution in [0.15, 0.2) is 45.6 Å². The maximum atomic E-state index is 6.19. The summed E-state index contributed by atoms with van der Waals surface area (Å²) in [6.45, 7) is 5.18. The van der Waals surface area contributed by atoms with E-state index in [-0.39, 0.29) is 6.10 Å². The average molecular weight is 385 g/mol. The molecule has 3 aromatic rings. The van der Waals surface area contributed by atoms with Gasteiger partial charge in [0.25, 0.3) is 0 Å². The van der Waals surface area contributed by atoms with Crippen LogP contribution in [0.2, 0.25) is 0 Å². The molecule has 142 valence electrons. The minimum absolute atomic E-state index is 0.201. The van der Waals surface area contributed by atoms with Gasteiger partial charge in [-0.1, -0.05) is 17.3 Å². The molecule has 3 heterocycles. The third kappa shape index (κ3) is 4.48. The van der Waals surface area contributed by atoms with Gasteiger partial charge in [-0.25, -0.2) is 0 Å². The van der Waals surface area contributed by atoms with E-state index in [2.05, 4.69) is 15.0 Å². The van der Waals surface area contributed by atoms with E-state index < -0.39 is 0 Å². The van der Waals surface area contributed by atoms with Gasteiger partial charge in [-0.15, -0.1) is 0 Å². The Labute approximate surface area is 162 Å². The lowest BCUT2D eigenvalue weighted by atomic mass is 10.1.